The lowest BCUT2D eigenvalue weighted by molar-refractivity contribution is 0.102. The van der Waals surface area contributed by atoms with Crippen molar-refractivity contribution in [2.45, 2.75) is 6.92 Å². The van der Waals surface area contributed by atoms with E-state index in [2.05, 4.69) is 31.2 Å². The molecule has 1 fully saturated rings. The number of aromatic nitrogens is 2. The van der Waals surface area contributed by atoms with Gasteiger partial charge >= 0.3 is 0 Å². The lowest BCUT2D eigenvalue weighted by Crippen LogP contribution is -2.36. The van der Waals surface area contributed by atoms with Crippen LogP contribution in [-0.4, -0.2) is 42.0 Å². The number of nitrogens with one attached hydrogen (secondary N) is 1. The molecule has 7 heteroatoms. The zero-order valence-corrected chi connectivity index (χ0v) is 17.1. The third-order valence-electron chi connectivity index (χ3n) is 4.81. The fourth-order valence-electron chi connectivity index (χ4n) is 3.35. The van der Waals surface area contributed by atoms with E-state index >= 15 is 0 Å². The average Bonchev–Trinajstić information content (AvgIpc) is 3.10. The van der Waals surface area contributed by atoms with Gasteiger partial charge in [-0.2, -0.15) is 5.10 Å². The third-order valence-corrected chi connectivity index (χ3v) is 5.30. The number of para-hydroxylation sites is 2. The Kier molecular flexibility index (Phi) is 5.45. The molecule has 2 aromatic carbocycles. The first-order valence-electron chi connectivity index (χ1n) is 9.17. The number of hydrogen-bond donors (Lipinski definition) is 1. The lowest BCUT2D eigenvalue weighted by atomic mass is 10.2. The van der Waals surface area contributed by atoms with Crippen molar-refractivity contribution >= 4 is 33.2 Å². The summed E-state index contributed by atoms with van der Waals surface area (Å²) in [6.07, 6.45) is 1.61. The predicted octanol–water partition coefficient (Wildman–Crippen LogP) is 4.03. The minimum Gasteiger partial charge on any atom is -0.378 e. The minimum absolute atomic E-state index is 0.167. The van der Waals surface area contributed by atoms with Crippen molar-refractivity contribution in [3.63, 3.8) is 0 Å². The van der Waals surface area contributed by atoms with Crippen LogP contribution in [0.4, 0.5) is 11.4 Å². The van der Waals surface area contributed by atoms with Gasteiger partial charge in [0, 0.05) is 17.6 Å². The van der Waals surface area contributed by atoms with E-state index in [1.54, 1.807) is 10.9 Å². The Morgan fingerprint density at radius 1 is 1.14 bits per heavy atom. The van der Waals surface area contributed by atoms with Gasteiger partial charge in [0.05, 0.1) is 47.7 Å². The number of halogens is 1. The normalized spacial score (nSPS) is 14.1. The molecule has 0 spiro atoms. The fraction of sp³-hybridized carbons (Fsp3) is 0.238. The summed E-state index contributed by atoms with van der Waals surface area (Å²) in [7, 11) is 0. The van der Waals surface area contributed by atoms with Crippen molar-refractivity contribution in [3.8, 4) is 5.69 Å². The van der Waals surface area contributed by atoms with Crippen molar-refractivity contribution < 1.29 is 9.53 Å². The first-order chi connectivity index (χ1) is 13.6. The Labute approximate surface area is 172 Å². The van der Waals surface area contributed by atoms with Crippen LogP contribution in [0.2, 0.25) is 0 Å². The Balaban J connectivity index is 1.58. The molecule has 1 amide bonds. The summed E-state index contributed by atoms with van der Waals surface area (Å²) >= 11 is 3.48. The van der Waals surface area contributed by atoms with E-state index in [0.717, 1.165) is 40.3 Å². The monoisotopic (exact) mass is 440 g/mol. The quantitative estimate of drug-likeness (QED) is 0.664. The molecule has 1 aliphatic rings. The number of carbonyl (C=O) groups is 1. The van der Waals surface area contributed by atoms with Gasteiger partial charge in [0.1, 0.15) is 0 Å². The largest absolute Gasteiger partial charge is 0.378 e. The van der Waals surface area contributed by atoms with Gasteiger partial charge < -0.3 is 15.0 Å². The number of benzene rings is 2. The van der Waals surface area contributed by atoms with E-state index < -0.39 is 0 Å². The molecule has 0 saturated carbocycles. The van der Waals surface area contributed by atoms with Crippen LogP contribution in [0, 0.1) is 6.92 Å². The van der Waals surface area contributed by atoms with E-state index in [0.29, 0.717) is 18.8 Å². The number of anilines is 2. The first kappa shape index (κ1) is 18.7. The molecule has 1 saturated heterocycles. The van der Waals surface area contributed by atoms with Gasteiger partial charge in [-0.25, -0.2) is 4.68 Å². The SMILES string of the molecule is Cc1c(C(=O)Nc2ccccc2N2CCOCC2)cnn1-c1cccc(Br)c1. The van der Waals surface area contributed by atoms with Crippen LogP contribution < -0.4 is 10.2 Å². The highest BCUT2D eigenvalue weighted by atomic mass is 79.9. The maximum absolute atomic E-state index is 13.0. The molecule has 1 aliphatic heterocycles. The summed E-state index contributed by atoms with van der Waals surface area (Å²) in [6, 6.07) is 15.7. The van der Waals surface area contributed by atoms with Crippen molar-refractivity contribution in [1.29, 1.82) is 0 Å². The molecule has 1 N–H and O–H groups in total. The highest BCUT2D eigenvalue weighted by Gasteiger charge is 2.19. The number of ether oxygens (including phenoxy) is 1. The predicted molar refractivity (Wildman–Crippen MR) is 113 cm³/mol. The van der Waals surface area contributed by atoms with E-state index in [4.69, 9.17) is 4.74 Å². The highest BCUT2D eigenvalue weighted by Crippen LogP contribution is 2.27. The average molecular weight is 441 g/mol. The number of amides is 1. The second-order valence-electron chi connectivity index (χ2n) is 6.61. The zero-order chi connectivity index (χ0) is 19.5. The number of carbonyl (C=O) groups excluding carboxylic acids is 1. The fourth-order valence-corrected chi connectivity index (χ4v) is 3.74. The van der Waals surface area contributed by atoms with Crippen molar-refractivity contribution in [3.05, 3.63) is 70.5 Å². The molecule has 0 aliphatic carbocycles. The van der Waals surface area contributed by atoms with Crippen LogP contribution in [0.25, 0.3) is 5.69 Å². The van der Waals surface area contributed by atoms with Crippen LogP contribution in [0.5, 0.6) is 0 Å². The Bertz CT molecular complexity index is 996. The van der Waals surface area contributed by atoms with Gasteiger partial charge in [0.15, 0.2) is 0 Å². The van der Waals surface area contributed by atoms with Crippen LogP contribution in [0.1, 0.15) is 16.1 Å². The second kappa shape index (κ2) is 8.16. The summed E-state index contributed by atoms with van der Waals surface area (Å²) in [5.74, 6) is -0.167. The highest BCUT2D eigenvalue weighted by molar-refractivity contribution is 9.10. The van der Waals surface area contributed by atoms with Crippen LogP contribution in [0.3, 0.4) is 0 Å². The molecule has 28 heavy (non-hydrogen) atoms. The summed E-state index contributed by atoms with van der Waals surface area (Å²) in [4.78, 5) is 15.2. The number of rotatable bonds is 4. The van der Waals surface area contributed by atoms with Gasteiger partial charge in [0.25, 0.3) is 5.91 Å². The first-order valence-corrected chi connectivity index (χ1v) is 9.96. The summed E-state index contributed by atoms with van der Waals surface area (Å²) < 4.78 is 8.17. The van der Waals surface area contributed by atoms with Crippen molar-refractivity contribution in [2.24, 2.45) is 0 Å². The van der Waals surface area contributed by atoms with Gasteiger partial charge in [-0.3, -0.25) is 4.79 Å². The van der Waals surface area contributed by atoms with Crippen LogP contribution in [0.15, 0.2) is 59.2 Å². The second-order valence-corrected chi connectivity index (χ2v) is 7.52. The summed E-state index contributed by atoms with van der Waals surface area (Å²) in [6.45, 7) is 4.91. The summed E-state index contributed by atoms with van der Waals surface area (Å²) in [5, 5.41) is 7.47. The molecule has 1 aromatic heterocycles. The molecule has 4 rings (SSSR count). The summed E-state index contributed by atoms with van der Waals surface area (Å²) in [5.41, 5.74) is 4.05. The Morgan fingerprint density at radius 2 is 1.93 bits per heavy atom. The maximum atomic E-state index is 13.0. The van der Waals surface area contributed by atoms with Gasteiger partial charge in [0.2, 0.25) is 0 Å². The van der Waals surface area contributed by atoms with Crippen LogP contribution in [-0.2, 0) is 4.74 Å². The Morgan fingerprint density at radius 3 is 2.71 bits per heavy atom. The number of morpholine rings is 1. The maximum Gasteiger partial charge on any atom is 0.259 e. The molecular formula is C21H21BrN4O2. The van der Waals surface area contributed by atoms with Crippen molar-refractivity contribution in [1.82, 2.24) is 9.78 Å². The molecular weight excluding hydrogens is 420 g/mol. The van der Waals surface area contributed by atoms with E-state index in [-0.39, 0.29) is 5.91 Å². The van der Waals surface area contributed by atoms with Gasteiger partial charge in [-0.05, 0) is 37.3 Å². The van der Waals surface area contributed by atoms with E-state index in [1.165, 1.54) is 0 Å². The standard InChI is InChI=1S/C21H21BrN4O2/c1-15-18(14-23-26(15)17-6-4-5-16(22)13-17)21(27)24-19-7-2-3-8-20(19)25-9-11-28-12-10-25/h2-8,13-14H,9-12H2,1H3,(H,24,27). The van der Waals surface area contributed by atoms with Crippen molar-refractivity contribution in [2.75, 3.05) is 36.5 Å². The topological polar surface area (TPSA) is 59.4 Å². The smallest absolute Gasteiger partial charge is 0.259 e. The molecule has 3 aromatic rings. The molecule has 6 nitrogen and oxygen atoms in total. The molecule has 0 unspecified atom stereocenters. The number of hydrogen-bond acceptors (Lipinski definition) is 4. The number of nitrogens with zero attached hydrogens (tertiary/aromatic N) is 3. The third kappa shape index (κ3) is 3.81. The minimum atomic E-state index is -0.167. The van der Waals surface area contributed by atoms with Gasteiger partial charge in [-0.1, -0.05) is 34.1 Å². The van der Waals surface area contributed by atoms with E-state index in [1.807, 2.05) is 55.5 Å². The van der Waals surface area contributed by atoms with Crippen LogP contribution >= 0.6 is 15.9 Å². The molecule has 144 valence electrons. The molecule has 0 radical (unpaired) electrons. The molecule has 0 bridgehead atoms. The van der Waals surface area contributed by atoms with E-state index in [9.17, 15) is 4.79 Å². The molecule has 0 atom stereocenters. The zero-order valence-electron chi connectivity index (χ0n) is 15.6. The lowest BCUT2D eigenvalue weighted by Gasteiger charge is -2.30. The van der Waals surface area contributed by atoms with Gasteiger partial charge in [-0.15, -0.1) is 0 Å². The molecule has 2 heterocycles. The Hall–Kier alpha value is -2.64.